The van der Waals surface area contributed by atoms with Crippen LogP contribution in [0.25, 0.3) is 0 Å². The highest BCUT2D eigenvalue weighted by molar-refractivity contribution is 5.36. The summed E-state index contributed by atoms with van der Waals surface area (Å²) in [5.41, 5.74) is 1.81. The van der Waals surface area contributed by atoms with Crippen LogP contribution in [0.3, 0.4) is 0 Å². The van der Waals surface area contributed by atoms with Crippen LogP contribution in [-0.2, 0) is 22.7 Å². The highest BCUT2D eigenvalue weighted by Gasteiger charge is 2.19. The van der Waals surface area contributed by atoms with Crippen molar-refractivity contribution in [3.8, 4) is 5.75 Å². The molecule has 0 aliphatic heterocycles. The molecule has 0 aliphatic carbocycles. The maximum atomic E-state index is 9.22. The van der Waals surface area contributed by atoms with Crippen LogP contribution in [0, 0.1) is 11.3 Å². The third-order valence-electron chi connectivity index (χ3n) is 3.23. The Morgan fingerprint density at radius 1 is 1.14 bits per heavy atom. The van der Waals surface area contributed by atoms with Gasteiger partial charge in [-0.05, 0) is 17.5 Å². The topological polar surface area (TPSA) is 47.9 Å². The molecule has 22 heavy (non-hydrogen) atoms. The summed E-state index contributed by atoms with van der Waals surface area (Å²) < 4.78 is 16.8. The Morgan fingerprint density at radius 3 is 2.41 bits per heavy atom. The SMILES string of the molecule is COc1cc(COCC(C)(C)COCC(C)C)ccc1CO. The predicted octanol–water partition coefficient (Wildman–Crippen LogP) is 3.40. The first-order valence-corrected chi connectivity index (χ1v) is 7.80. The molecule has 1 rings (SSSR count). The normalized spacial score (nSPS) is 12.0. The molecule has 1 aromatic rings. The second kappa shape index (κ2) is 9.13. The van der Waals surface area contributed by atoms with Gasteiger partial charge in [0.15, 0.2) is 0 Å². The summed E-state index contributed by atoms with van der Waals surface area (Å²) in [6.45, 7) is 11.2. The Kier molecular flexibility index (Phi) is 7.87. The first kappa shape index (κ1) is 18.9. The molecule has 0 aliphatic rings. The lowest BCUT2D eigenvalue weighted by atomic mass is 9.96. The van der Waals surface area contributed by atoms with Crippen LogP contribution in [0.15, 0.2) is 18.2 Å². The van der Waals surface area contributed by atoms with Gasteiger partial charge in [-0.25, -0.2) is 0 Å². The Hall–Kier alpha value is -1.10. The minimum Gasteiger partial charge on any atom is -0.496 e. The Bertz CT molecular complexity index is 441. The van der Waals surface area contributed by atoms with Crippen LogP contribution in [0.2, 0.25) is 0 Å². The summed E-state index contributed by atoms with van der Waals surface area (Å²) >= 11 is 0. The summed E-state index contributed by atoms with van der Waals surface area (Å²) in [4.78, 5) is 0. The van der Waals surface area contributed by atoms with E-state index in [9.17, 15) is 5.11 Å². The van der Waals surface area contributed by atoms with Crippen molar-refractivity contribution in [1.29, 1.82) is 0 Å². The molecule has 0 heterocycles. The molecule has 4 heteroatoms. The molecule has 0 unspecified atom stereocenters. The summed E-state index contributed by atoms with van der Waals surface area (Å²) in [6, 6.07) is 5.73. The van der Waals surface area contributed by atoms with E-state index in [2.05, 4.69) is 27.7 Å². The van der Waals surface area contributed by atoms with E-state index in [4.69, 9.17) is 14.2 Å². The Labute approximate surface area is 134 Å². The van der Waals surface area contributed by atoms with Crippen molar-refractivity contribution >= 4 is 0 Å². The van der Waals surface area contributed by atoms with Gasteiger partial charge in [0.2, 0.25) is 0 Å². The molecular weight excluding hydrogens is 280 g/mol. The van der Waals surface area contributed by atoms with Crippen molar-refractivity contribution in [2.45, 2.75) is 40.9 Å². The molecule has 0 spiro atoms. The van der Waals surface area contributed by atoms with Crippen molar-refractivity contribution in [2.75, 3.05) is 26.9 Å². The van der Waals surface area contributed by atoms with E-state index >= 15 is 0 Å². The number of methoxy groups -OCH3 is 1. The third kappa shape index (κ3) is 6.77. The fourth-order valence-electron chi connectivity index (χ4n) is 2.07. The van der Waals surface area contributed by atoms with E-state index in [0.717, 1.165) is 17.7 Å². The zero-order chi connectivity index (χ0) is 16.6. The smallest absolute Gasteiger partial charge is 0.124 e. The molecule has 0 saturated carbocycles. The summed E-state index contributed by atoms with van der Waals surface area (Å²) in [5, 5.41) is 9.22. The maximum Gasteiger partial charge on any atom is 0.124 e. The zero-order valence-corrected chi connectivity index (χ0v) is 14.5. The van der Waals surface area contributed by atoms with E-state index in [1.54, 1.807) is 7.11 Å². The van der Waals surface area contributed by atoms with Gasteiger partial charge in [-0.1, -0.05) is 39.8 Å². The van der Waals surface area contributed by atoms with Crippen LogP contribution < -0.4 is 4.74 Å². The van der Waals surface area contributed by atoms with Gasteiger partial charge in [-0.15, -0.1) is 0 Å². The van der Waals surface area contributed by atoms with E-state index in [1.807, 2.05) is 18.2 Å². The quantitative estimate of drug-likeness (QED) is 0.719. The average molecular weight is 310 g/mol. The number of hydrogen-bond acceptors (Lipinski definition) is 4. The summed E-state index contributed by atoms with van der Waals surface area (Å²) in [7, 11) is 1.61. The molecular formula is C18H30O4. The first-order chi connectivity index (χ1) is 10.4. The molecule has 4 nitrogen and oxygen atoms in total. The van der Waals surface area contributed by atoms with E-state index < -0.39 is 0 Å². The van der Waals surface area contributed by atoms with Gasteiger partial charge in [-0.2, -0.15) is 0 Å². The minimum atomic E-state index is -0.0233. The van der Waals surface area contributed by atoms with Crippen molar-refractivity contribution in [2.24, 2.45) is 11.3 Å². The van der Waals surface area contributed by atoms with Gasteiger partial charge < -0.3 is 19.3 Å². The van der Waals surface area contributed by atoms with Crippen LogP contribution >= 0.6 is 0 Å². The van der Waals surface area contributed by atoms with Crippen molar-refractivity contribution in [3.63, 3.8) is 0 Å². The lowest BCUT2D eigenvalue weighted by Crippen LogP contribution is -2.26. The van der Waals surface area contributed by atoms with Crippen molar-refractivity contribution < 1.29 is 19.3 Å². The van der Waals surface area contributed by atoms with Gasteiger partial charge in [0.05, 0.1) is 33.5 Å². The van der Waals surface area contributed by atoms with Crippen LogP contribution in [0.4, 0.5) is 0 Å². The lowest BCUT2D eigenvalue weighted by Gasteiger charge is -2.25. The van der Waals surface area contributed by atoms with Gasteiger partial charge in [-0.3, -0.25) is 0 Å². The summed E-state index contributed by atoms with van der Waals surface area (Å²) in [5.74, 6) is 1.25. The highest BCUT2D eigenvalue weighted by Crippen LogP contribution is 2.22. The molecule has 1 N–H and O–H groups in total. The van der Waals surface area contributed by atoms with Crippen LogP contribution in [0.5, 0.6) is 5.75 Å². The minimum absolute atomic E-state index is 0.00991. The molecule has 0 atom stereocenters. The number of hydrogen-bond donors (Lipinski definition) is 1. The lowest BCUT2D eigenvalue weighted by molar-refractivity contribution is -0.0151. The van der Waals surface area contributed by atoms with Crippen LogP contribution in [-0.4, -0.2) is 32.0 Å². The highest BCUT2D eigenvalue weighted by atomic mass is 16.5. The van der Waals surface area contributed by atoms with Crippen molar-refractivity contribution in [3.05, 3.63) is 29.3 Å². The molecule has 0 bridgehead atoms. The fraction of sp³-hybridized carbons (Fsp3) is 0.667. The Balaban J connectivity index is 2.42. The number of rotatable bonds is 10. The van der Waals surface area contributed by atoms with Gasteiger partial charge >= 0.3 is 0 Å². The molecule has 0 aromatic heterocycles. The van der Waals surface area contributed by atoms with Gasteiger partial charge in [0.25, 0.3) is 0 Å². The second-order valence-electron chi connectivity index (χ2n) is 6.87. The van der Waals surface area contributed by atoms with Gasteiger partial charge in [0, 0.05) is 17.6 Å². The average Bonchev–Trinajstić information content (AvgIpc) is 2.46. The maximum absolute atomic E-state index is 9.22. The molecule has 126 valence electrons. The number of aliphatic hydroxyl groups excluding tert-OH is 1. The zero-order valence-electron chi connectivity index (χ0n) is 14.5. The van der Waals surface area contributed by atoms with Crippen LogP contribution in [0.1, 0.15) is 38.8 Å². The number of ether oxygens (including phenoxy) is 3. The number of aliphatic hydroxyl groups is 1. The van der Waals surface area contributed by atoms with E-state index in [0.29, 0.717) is 31.5 Å². The third-order valence-corrected chi connectivity index (χ3v) is 3.23. The standard InChI is InChI=1S/C18H30O4/c1-14(2)10-21-12-18(3,4)13-22-11-15-6-7-16(9-19)17(8-15)20-5/h6-8,14,19H,9-13H2,1-5H3. The molecule has 0 radical (unpaired) electrons. The molecule has 0 fully saturated rings. The second-order valence-corrected chi connectivity index (χ2v) is 6.87. The first-order valence-electron chi connectivity index (χ1n) is 7.80. The molecule has 0 saturated heterocycles. The van der Waals surface area contributed by atoms with Gasteiger partial charge in [0.1, 0.15) is 5.75 Å². The monoisotopic (exact) mass is 310 g/mol. The predicted molar refractivity (Wildman–Crippen MR) is 88.0 cm³/mol. The fourth-order valence-corrected chi connectivity index (χ4v) is 2.07. The molecule has 0 amide bonds. The van der Waals surface area contributed by atoms with E-state index in [-0.39, 0.29) is 12.0 Å². The molecule has 1 aromatic carbocycles. The summed E-state index contributed by atoms with van der Waals surface area (Å²) in [6.07, 6.45) is 0. The number of benzene rings is 1. The largest absolute Gasteiger partial charge is 0.496 e. The van der Waals surface area contributed by atoms with Crippen molar-refractivity contribution in [1.82, 2.24) is 0 Å². The van der Waals surface area contributed by atoms with E-state index in [1.165, 1.54) is 0 Å². The Morgan fingerprint density at radius 2 is 1.82 bits per heavy atom.